The molecule has 0 unspecified atom stereocenters. The Balaban J connectivity index is 0. The van der Waals surface area contributed by atoms with E-state index in [1.165, 1.54) is 0 Å². The molecule has 0 bridgehead atoms. The van der Waals surface area contributed by atoms with Crippen LogP contribution in [0.15, 0.2) is 4.99 Å². The average Bonchev–Trinajstić information content (AvgIpc) is 2.14. The van der Waals surface area contributed by atoms with E-state index in [2.05, 4.69) is 10.3 Å². The molecule has 0 saturated heterocycles. The largest absolute Gasteiger partial charge is 0.412 e. The van der Waals surface area contributed by atoms with Crippen molar-refractivity contribution in [3.05, 3.63) is 0 Å². The molecule has 56 valence electrons. The van der Waals surface area contributed by atoms with Gasteiger partial charge in [-0.2, -0.15) is 0 Å². The number of hydrogen-bond donors (Lipinski definition) is 1. The Kier molecular flexibility index (Phi) is 7.52. The third kappa shape index (κ3) is 3.34. The first kappa shape index (κ1) is 11.5. The molecule has 0 fully saturated rings. The third-order valence-corrected chi connectivity index (χ3v) is 1.50. The smallest absolute Gasteiger partial charge is 0.156 e. The normalized spacial score (nSPS) is 14.6. The van der Waals surface area contributed by atoms with Gasteiger partial charge in [-0.15, -0.1) is 0 Å². The summed E-state index contributed by atoms with van der Waals surface area (Å²) >= 11 is 1.67. The van der Waals surface area contributed by atoms with Crippen molar-refractivity contribution >= 4 is 16.9 Å². The predicted molar refractivity (Wildman–Crippen MR) is 41.0 cm³/mol. The van der Waals surface area contributed by atoms with E-state index in [1.54, 1.807) is 11.8 Å². The highest BCUT2D eigenvalue weighted by molar-refractivity contribution is 8.13. The predicted octanol–water partition coefficient (Wildman–Crippen LogP) is -1.34. The fourth-order valence-electron chi connectivity index (χ4n) is 0.513. The van der Waals surface area contributed by atoms with E-state index >= 15 is 0 Å². The highest BCUT2D eigenvalue weighted by atomic mass is 32.2. The highest BCUT2D eigenvalue weighted by Gasteiger charge is 1.99. The van der Waals surface area contributed by atoms with Gasteiger partial charge in [0.05, 0.1) is 6.54 Å². The number of thioether (sulfide) groups is 1. The summed E-state index contributed by atoms with van der Waals surface area (Å²) in [6.45, 7) is 1.98. The van der Waals surface area contributed by atoms with Crippen molar-refractivity contribution in [2.75, 3.05) is 19.3 Å². The number of rotatable bonds is 0. The van der Waals surface area contributed by atoms with Crippen LogP contribution < -0.4 is 5.32 Å². The minimum atomic E-state index is 0. The van der Waals surface area contributed by atoms with Crippen LogP contribution in [0.1, 0.15) is 0 Å². The van der Waals surface area contributed by atoms with E-state index < -0.39 is 0 Å². The Hall–Kier alpha value is -0.260. The molecule has 1 aliphatic rings. The molecule has 0 aliphatic carbocycles. The lowest BCUT2D eigenvalue weighted by molar-refractivity contribution is 0.823. The van der Waals surface area contributed by atoms with Crippen molar-refractivity contribution in [1.82, 2.24) is 5.32 Å². The number of amidine groups is 1. The van der Waals surface area contributed by atoms with Crippen LogP contribution in [-0.2, 0) is 0 Å². The molecule has 1 heterocycles. The number of nitrogens with zero attached hydrogens (tertiary/aromatic N) is 1. The molecule has 0 aromatic heterocycles. The van der Waals surface area contributed by atoms with E-state index in [9.17, 15) is 0 Å². The molecule has 0 radical (unpaired) electrons. The quantitative estimate of drug-likeness (QED) is 0.465. The van der Waals surface area contributed by atoms with Gasteiger partial charge in [0.2, 0.25) is 0 Å². The van der Waals surface area contributed by atoms with Gasteiger partial charge in [0.15, 0.2) is 5.17 Å². The molecular weight excluding hydrogens is 140 g/mol. The monoisotopic (exact) mass is 152 g/mol. The molecule has 1 aliphatic heterocycles. The molecule has 0 spiro atoms. The second-order valence-electron chi connectivity index (χ2n) is 1.32. The fourth-order valence-corrected chi connectivity index (χ4v) is 0.980. The Bertz CT molecular complexity index is 96.6. The van der Waals surface area contributed by atoms with E-state index in [1.807, 2.05) is 6.26 Å². The second kappa shape index (κ2) is 5.87. The molecule has 1 rings (SSSR count). The Morgan fingerprint density at radius 3 is 2.44 bits per heavy atom. The third-order valence-electron chi connectivity index (χ3n) is 0.837. The summed E-state index contributed by atoms with van der Waals surface area (Å²) in [5.74, 6) is 0. The van der Waals surface area contributed by atoms with Gasteiger partial charge in [-0.25, -0.2) is 0 Å². The molecule has 4 nitrogen and oxygen atoms in total. The molecule has 9 heavy (non-hydrogen) atoms. The summed E-state index contributed by atoms with van der Waals surface area (Å²) in [6.07, 6.45) is 2.02. The van der Waals surface area contributed by atoms with Crippen LogP contribution in [0.3, 0.4) is 0 Å². The van der Waals surface area contributed by atoms with Crippen LogP contribution >= 0.6 is 11.8 Å². The SMILES string of the molecule is CSC1=NCCN1.O.O. The van der Waals surface area contributed by atoms with Crippen molar-refractivity contribution < 1.29 is 11.0 Å². The van der Waals surface area contributed by atoms with Crippen LogP contribution in [0.5, 0.6) is 0 Å². The van der Waals surface area contributed by atoms with E-state index in [0.717, 1.165) is 18.3 Å². The topological polar surface area (TPSA) is 87.4 Å². The summed E-state index contributed by atoms with van der Waals surface area (Å²) < 4.78 is 0. The first-order valence-electron chi connectivity index (χ1n) is 2.26. The summed E-state index contributed by atoms with van der Waals surface area (Å²) in [5, 5.41) is 4.20. The highest BCUT2D eigenvalue weighted by Crippen LogP contribution is 1.97. The van der Waals surface area contributed by atoms with Gasteiger partial charge >= 0.3 is 0 Å². The fraction of sp³-hybridized carbons (Fsp3) is 0.750. The minimum absolute atomic E-state index is 0. The lowest BCUT2D eigenvalue weighted by atomic mass is 10.7. The van der Waals surface area contributed by atoms with Crippen LogP contribution in [-0.4, -0.2) is 35.5 Å². The van der Waals surface area contributed by atoms with E-state index in [0.29, 0.717) is 0 Å². The molecular formula is C4H12N2O2S. The van der Waals surface area contributed by atoms with Crippen molar-refractivity contribution in [1.29, 1.82) is 0 Å². The van der Waals surface area contributed by atoms with Crippen molar-refractivity contribution in [2.24, 2.45) is 4.99 Å². The number of hydrogen-bond acceptors (Lipinski definition) is 3. The van der Waals surface area contributed by atoms with E-state index in [-0.39, 0.29) is 11.0 Å². The molecule has 5 heteroatoms. The lowest BCUT2D eigenvalue weighted by Crippen LogP contribution is -2.14. The first-order chi connectivity index (χ1) is 3.43. The number of aliphatic imine (C=N–C) groups is 1. The zero-order chi connectivity index (χ0) is 5.11. The maximum Gasteiger partial charge on any atom is 0.156 e. The molecule has 0 saturated carbocycles. The minimum Gasteiger partial charge on any atom is -0.412 e. The van der Waals surface area contributed by atoms with Crippen molar-refractivity contribution in [3.63, 3.8) is 0 Å². The van der Waals surface area contributed by atoms with Crippen LogP contribution in [0.2, 0.25) is 0 Å². The summed E-state index contributed by atoms with van der Waals surface area (Å²) in [4.78, 5) is 4.12. The van der Waals surface area contributed by atoms with Gasteiger partial charge < -0.3 is 16.3 Å². The van der Waals surface area contributed by atoms with Crippen LogP contribution in [0.4, 0.5) is 0 Å². The van der Waals surface area contributed by atoms with Gasteiger partial charge in [-0.3, -0.25) is 4.99 Å². The van der Waals surface area contributed by atoms with Gasteiger partial charge in [0.25, 0.3) is 0 Å². The van der Waals surface area contributed by atoms with E-state index in [4.69, 9.17) is 0 Å². The summed E-state index contributed by atoms with van der Waals surface area (Å²) in [5.41, 5.74) is 0. The van der Waals surface area contributed by atoms with Gasteiger partial charge in [0, 0.05) is 6.54 Å². The van der Waals surface area contributed by atoms with Gasteiger partial charge in [0.1, 0.15) is 0 Å². The molecule has 0 aromatic carbocycles. The van der Waals surface area contributed by atoms with Gasteiger partial charge in [-0.05, 0) is 6.26 Å². The Labute approximate surface area is 58.4 Å². The number of nitrogens with one attached hydrogen (secondary N) is 1. The van der Waals surface area contributed by atoms with Gasteiger partial charge in [-0.1, -0.05) is 11.8 Å². The Morgan fingerprint density at radius 2 is 2.22 bits per heavy atom. The lowest BCUT2D eigenvalue weighted by Gasteiger charge is -1.91. The molecule has 0 amide bonds. The standard InChI is InChI=1S/C4H8N2S.2H2O/c1-7-4-5-2-3-6-4;;/h2-3H2,1H3,(H,5,6);2*1H2. The maximum absolute atomic E-state index is 4.12. The van der Waals surface area contributed by atoms with Crippen molar-refractivity contribution in [2.45, 2.75) is 0 Å². The second-order valence-corrected chi connectivity index (χ2v) is 2.11. The molecule has 0 atom stereocenters. The summed E-state index contributed by atoms with van der Waals surface area (Å²) in [6, 6.07) is 0. The first-order valence-corrected chi connectivity index (χ1v) is 3.48. The summed E-state index contributed by atoms with van der Waals surface area (Å²) in [7, 11) is 0. The van der Waals surface area contributed by atoms with Crippen LogP contribution in [0.25, 0.3) is 0 Å². The maximum atomic E-state index is 4.12. The average molecular weight is 152 g/mol. The molecule has 0 aromatic rings. The van der Waals surface area contributed by atoms with Crippen molar-refractivity contribution in [3.8, 4) is 0 Å². The molecule has 5 N–H and O–H groups in total. The zero-order valence-electron chi connectivity index (χ0n) is 5.27. The Morgan fingerprint density at radius 1 is 1.56 bits per heavy atom. The van der Waals surface area contributed by atoms with Crippen LogP contribution in [0, 0.1) is 0 Å². The zero-order valence-corrected chi connectivity index (χ0v) is 6.09.